The molecule has 0 aliphatic rings. The largest absolute Gasteiger partial charge is 0.463 e. The Morgan fingerprint density at radius 1 is 1.21 bits per heavy atom. The number of hydrogen-bond acceptors (Lipinski definition) is 4. The highest BCUT2D eigenvalue weighted by Gasteiger charge is 2.09. The molecule has 0 rings (SSSR count). The number of rotatable bonds is 5. The molecule has 0 fully saturated rings. The van der Waals surface area contributed by atoms with E-state index in [1.807, 2.05) is 0 Å². The predicted molar refractivity (Wildman–Crippen MR) is 50.8 cm³/mol. The monoisotopic (exact) mass is 201 g/mol. The van der Waals surface area contributed by atoms with Crippen LogP contribution >= 0.6 is 0 Å². The molecule has 0 radical (unpaired) electrons. The minimum Gasteiger partial charge on any atom is -0.463 e. The van der Waals surface area contributed by atoms with E-state index in [0.717, 1.165) is 0 Å². The molecule has 0 aromatic rings. The van der Waals surface area contributed by atoms with Gasteiger partial charge in [-0.3, -0.25) is 0 Å². The van der Waals surface area contributed by atoms with Crippen LogP contribution in [0.3, 0.4) is 0 Å². The average Bonchev–Trinajstić information content (AvgIpc) is 2.15. The summed E-state index contributed by atoms with van der Waals surface area (Å²) in [7, 11) is 0. The summed E-state index contributed by atoms with van der Waals surface area (Å²) in [6.07, 6.45) is -0.571. The van der Waals surface area contributed by atoms with Crippen LogP contribution in [0.1, 0.15) is 13.8 Å². The first-order chi connectivity index (χ1) is 6.61. The highest BCUT2D eigenvalue weighted by Crippen LogP contribution is 1.92. The van der Waals surface area contributed by atoms with Gasteiger partial charge in [0, 0.05) is 5.57 Å². The summed E-state index contributed by atoms with van der Waals surface area (Å²) >= 11 is 0. The van der Waals surface area contributed by atoms with Gasteiger partial charge in [0.05, 0.1) is 19.8 Å². The van der Waals surface area contributed by atoms with Crippen LogP contribution in [-0.4, -0.2) is 31.8 Å². The predicted octanol–water partition coefficient (Wildman–Crippen LogP) is 0.852. The van der Waals surface area contributed by atoms with Crippen molar-refractivity contribution in [3.63, 3.8) is 0 Å². The molecule has 0 unspecified atom stereocenters. The molecule has 1 N–H and O–H groups in total. The number of esters is 1. The molecule has 0 aliphatic heterocycles. The molecule has 0 bridgehead atoms. The van der Waals surface area contributed by atoms with Crippen LogP contribution < -0.4 is 5.32 Å². The quantitative estimate of drug-likeness (QED) is 0.529. The average molecular weight is 201 g/mol. The maximum atomic E-state index is 11.0. The van der Waals surface area contributed by atoms with Gasteiger partial charge >= 0.3 is 12.1 Å². The molecule has 80 valence electrons. The Bertz CT molecular complexity index is 225. The Balaban J connectivity index is 3.73. The van der Waals surface area contributed by atoms with Gasteiger partial charge in [-0.05, 0) is 13.8 Å². The van der Waals surface area contributed by atoms with Gasteiger partial charge in [0.15, 0.2) is 0 Å². The Hall–Kier alpha value is -1.52. The van der Waals surface area contributed by atoms with E-state index in [2.05, 4.69) is 21.4 Å². The number of hydrogen-bond donors (Lipinski definition) is 1. The third kappa shape index (κ3) is 5.18. The van der Waals surface area contributed by atoms with E-state index < -0.39 is 12.1 Å². The lowest BCUT2D eigenvalue weighted by Crippen LogP contribution is -2.28. The number of ether oxygens (including phenoxy) is 2. The van der Waals surface area contributed by atoms with E-state index in [1.54, 1.807) is 13.8 Å². The van der Waals surface area contributed by atoms with Crippen molar-refractivity contribution >= 4 is 12.1 Å². The second-order valence-corrected chi connectivity index (χ2v) is 2.40. The third-order valence-corrected chi connectivity index (χ3v) is 1.29. The zero-order valence-corrected chi connectivity index (χ0v) is 8.46. The van der Waals surface area contributed by atoms with Crippen molar-refractivity contribution in [2.24, 2.45) is 0 Å². The molecule has 0 saturated heterocycles. The van der Waals surface area contributed by atoms with Crippen molar-refractivity contribution in [1.82, 2.24) is 5.32 Å². The molecule has 14 heavy (non-hydrogen) atoms. The van der Waals surface area contributed by atoms with E-state index >= 15 is 0 Å². The Kier molecular flexibility index (Phi) is 6.19. The van der Waals surface area contributed by atoms with Crippen LogP contribution in [0, 0.1) is 0 Å². The Morgan fingerprint density at radius 3 is 2.29 bits per heavy atom. The summed E-state index contributed by atoms with van der Waals surface area (Å²) in [5, 5.41) is 2.36. The molecule has 5 nitrogen and oxygen atoms in total. The highest BCUT2D eigenvalue weighted by atomic mass is 16.5. The lowest BCUT2D eigenvalue weighted by atomic mass is 10.3. The summed E-state index contributed by atoms with van der Waals surface area (Å²) in [5.74, 6) is -0.510. The molecule has 0 heterocycles. The number of carbonyl (C=O) groups is 2. The summed E-state index contributed by atoms with van der Waals surface area (Å²) < 4.78 is 9.25. The molecule has 0 saturated carbocycles. The zero-order valence-electron chi connectivity index (χ0n) is 8.46. The zero-order chi connectivity index (χ0) is 11.0. The van der Waals surface area contributed by atoms with Crippen molar-refractivity contribution in [2.45, 2.75) is 13.8 Å². The molecule has 0 aromatic heterocycles. The Labute approximate surface area is 83.1 Å². The Morgan fingerprint density at radius 2 is 1.79 bits per heavy atom. The molecule has 1 amide bonds. The third-order valence-electron chi connectivity index (χ3n) is 1.29. The molecular weight excluding hydrogens is 186 g/mol. The van der Waals surface area contributed by atoms with E-state index in [-0.39, 0.29) is 25.3 Å². The summed E-state index contributed by atoms with van der Waals surface area (Å²) in [6.45, 7) is 7.47. The van der Waals surface area contributed by atoms with Crippen LogP contribution in [0.5, 0.6) is 0 Å². The standard InChI is InChI=1S/C9H15NO4/c1-4-13-8(11)7(3)6-10-9(12)14-5-2/h3-6H2,1-2H3,(H,10,12). The topological polar surface area (TPSA) is 64.6 Å². The lowest BCUT2D eigenvalue weighted by molar-refractivity contribution is -0.138. The van der Waals surface area contributed by atoms with Crippen molar-refractivity contribution in [2.75, 3.05) is 19.8 Å². The second kappa shape index (κ2) is 6.94. The molecule has 0 atom stereocenters. The van der Waals surface area contributed by atoms with Gasteiger partial charge in [0.25, 0.3) is 0 Å². The maximum Gasteiger partial charge on any atom is 0.407 e. The number of amides is 1. The summed E-state index contributed by atoms with van der Waals surface area (Å²) in [5.41, 5.74) is 0.194. The fourth-order valence-electron chi connectivity index (χ4n) is 0.666. The van der Waals surface area contributed by atoms with Crippen molar-refractivity contribution < 1.29 is 19.1 Å². The smallest absolute Gasteiger partial charge is 0.407 e. The molecular formula is C9H15NO4. The van der Waals surface area contributed by atoms with Crippen LogP contribution in [0.15, 0.2) is 12.2 Å². The van der Waals surface area contributed by atoms with Gasteiger partial charge in [-0.2, -0.15) is 0 Å². The molecule has 0 spiro atoms. The minimum absolute atomic E-state index is 0.0394. The van der Waals surface area contributed by atoms with Gasteiger partial charge in [0.1, 0.15) is 0 Å². The maximum absolute atomic E-state index is 11.0. The minimum atomic E-state index is -0.571. The second-order valence-electron chi connectivity index (χ2n) is 2.40. The first-order valence-electron chi connectivity index (χ1n) is 4.37. The van der Waals surface area contributed by atoms with E-state index in [0.29, 0.717) is 0 Å². The van der Waals surface area contributed by atoms with Crippen molar-refractivity contribution in [3.8, 4) is 0 Å². The van der Waals surface area contributed by atoms with E-state index in [4.69, 9.17) is 0 Å². The number of nitrogens with one attached hydrogen (secondary N) is 1. The molecule has 0 aromatic carbocycles. The van der Waals surface area contributed by atoms with Crippen molar-refractivity contribution in [1.29, 1.82) is 0 Å². The first-order valence-corrected chi connectivity index (χ1v) is 4.37. The van der Waals surface area contributed by atoms with Crippen LogP contribution in [0.25, 0.3) is 0 Å². The summed E-state index contributed by atoms with van der Waals surface area (Å²) in [6, 6.07) is 0. The van der Waals surface area contributed by atoms with Crippen LogP contribution in [0.4, 0.5) is 4.79 Å². The SMILES string of the molecule is C=C(CNC(=O)OCC)C(=O)OCC. The molecule has 5 heteroatoms. The van der Waals surface area contributed by atoms with Crippen LogP contribution in [0.2, 0.25) is 0 Å². The van der Waals surface area contributed by atoms with Crippen LogP contribution in [-0.2, 0) is 14.3 Å². The fraction of sp³-hybridized carbons (Fsp3) is 0.556. The van der Waals surface area contributed by atoms with E-state index in [1.165, 1.54) is 0 Å². The van der Waals surface area contributed by atoms with E-state index in [9.17, 15) is 9.59 Å². The number of alkyl carbamates (subject to hydrolysis) is 1. The summed E-state index contributed by atoms with van der Waals surface area (Å²) in [4.78, 5) is 21.8. The van der Waals surface area contributed by atoms with Gasteiger partial charge in [0.2, 0.25) is 0 Å². The normalized spacial score (nSPS) is 9.00. The fourth-order valence-corrected chi connectivity index (χ4v) is 0.666. The van der Waals surface area contributed by atoms with Gasteiger partial charge in [-0.1, -0.05) is 6.58 Å². The lowest BCUT2D eigenvalue weighted by Gasteiger charge is -2.06. The number of carbonyl (C=O) groups excluding carboxylic acids is 2. The van der Waals surface area contributed by atoms with Gasteiger partial charge < -0.3 is 14.8 Å². The highest BCUT2D eigenvalue weighted by molar-refractivity contribution is 5.88. The van der Waals surface area contributed by atoms with Gasteiger partial charge in [-0.25, -0.2) is 9.59 Å². The van der Waals surface area contributed by atoms with Gasteiger partial charge in [-0.15, -0.1) is 0 Å². The molecule has 0 aliphatic carbocycles. The first kappa shape index (κ1) is 12.5. The van der Waals surface area contributed by atoms with Crippen molar-refractivity contribution in [3.05, 3.63) is 12.2 Å².